The predicted molar refractivity (Wildman–Crippen MR) is 77.1 cm³/mol. The molecule has 98 valence electrons. The zero-order chi connectivity index (χ0) is 13.0. The Bertz CT molecular complexity index is 470. The fourth-order valence-electron chi connectivity index (χ4n) is 1.48. The van der Waals surface area contributed by atoms with Crippen molar-refractivity contribution in [1.82, 2.24) is 20.5 Å². The van der Waals surface area contributed by atoms with E-state index >= 15 is 0 Å². The van der Waals surface area contributed by atoms with Gasteiger partial charge in [0, 0.05) is 17.3 Å². The van der Waals surface area contributed by atoms with Crippen LogP contribution in [0, 0.1) is 0 Å². The Morgan fingerprint density at radius 3 is 2.78 bits per heavy atom. The van der Waals surface area contributed by atoms with E-state index in [0.29, 0.717) is 0 Å². The zero-order valence-corrected chi connectivity index (χ0v) is 12.6. The van der Waals surface area contributed by atoms with Crippen LogP contribution in [0.15, 0.2) is 10.9 Å². The van der Waals surface area contributed by atoms with E-state index < -0.39 is 0 Å². The number of aryl methyl sites for hydroxylation is 1. The minimum atomic E-state index is 0.187. The van der Waals surface area contributed by atoms with Crippen LogP contribution in [0.25, 0.3) is 10.7 Å². The molecule has 2 aromatic heterocycles. The van der Waals surface area contributed by atoms with Crippen LogP contribution in [0.2, 0.25) is 0 Å². The number of hydrogen-bond acceptors (Lipinski definition) is 6. The highest BCUT2D eigenvalue weighted by atomic mass is 32.1. The van der Waals surface area contributed by atoms with E-state index in [2.05, 4.69) is 41.3 Å². The molecule has 2 rings (SSSR count). The topological polar surface area (TPSA) is 50.7 Å². The number of aromatic nitrogens is 3. The number of hydrogen-bond donors (Lipinski definition) is 1. The molecule has 0 bridgehead atoms. The van der Waals surface area contributed by atoms with Crippen LogP contribution in [0.5, 0.6) is 0 Å². The second-order valence-corrected chi connectivity index (χ2v) is 6.94. The van der Waals surface area contributed by atoms with Crippen molar-refractivity contribution in [3.63, 3.8) is 0 Å². The van der Waals surface area contributed by atoms with Gasteiger partial charge in [0.15, 0.2) is 5.01 Å². The molecule has 0 atom stereocenters. The van der Waals surface area contributed by atoms with Gasteiger partial charge in [-0.3, -0.25) is 0 Å². The summed E-state index contributed by atoms with van der Waals surface area (Å²) in [6, 6.07) is 0. The quantitative estimate of drug-likeness (QED) is 0.857. The minimum Gasteiger partial charge on any atom is -0.312 e. The van der Waals surface area contributed by atoms with Gasteiger partial charge in [-0.2, -0.15) is 0 Å². The second kappa shape index (κ2) is 5.86. The van der Waals surface area contributed by atoms with Crippen LogP contribution in [0.3, 0.4) is 0 Å². The number of thiazole rings is 1. The van der Waals surface area contributed by atoms with Crippen LogP contribution in [-0.2, 0) is 6.42 Å². The lowest BCUT2D eigenvalue weighted by Crippen LogP contribution is -2.36. The van der Waals surface area contributed by atoms with Gasteiger partial charge in [0.2, 0.25) is 0 Å². The molecule has 4 nitrogen and oxygen atoms in total. The van der Waals surface area contributed by atoms with Crippen molar-refractivity contribution in [3.05, 3.63) is 15.9 Å². The first kappa shape index (κ1) is 13.6. The van der Waals surface area contributed by atoms with E-state index in [1.807, 2.05) is 10.9 Å². The highest BCUT2D eigenvalue weighted by molar-refractivity contribution is 7.15. The van der Waals surface area contributed by atoms with Crippen LogP contribution >= 0.6 is 22.7 Å². The van der Waals surface area contributed by atoms with Crippen molar-refractivity contribution < 1.29 is 0 Å². The van der Waals surface area contributed by atoms with Gasteiger partial charge in [-0.1, -0.05) is 11.3 Å². The summed E-state index contributed by atoms with van der Waals surface area (Å²) in [7, 11) is 0. The van der Waals surface area contributed by atoms with E-state index in [0.717, 1.165) is 35.1 Å². The summed E-state index contributed by atoms with van der Waals surface area (Å²) in [6.45, 7) is 7.55. The Morgan fingerprint density at radius 2 is 2.11 bits per heavy atom. The molecule has 0 spiro atoms. The normalized spacial score (nSPS) is 11.9. The average molecular weight is 282 g/mol. The van der Waals surface area contributed by atoms with Gasteiger partial charge < -0.3 is 5.32 Å². The first-order valence-corrected chi connectivity index (χ1v) is 7.76. The Hall–Kier alpha value is -0.850. The van der Waals surface area contributed by atoms with Crippen molar-refractivity contribution >= 4 is 22.7 Å². The van der Waals surface area contributed by atoms with E-state index in [1.54, 1.807) is 22.7 Å². The number of nitrogens with zero attached hydrogens (tertiary/aromatic N) is 3. The van der Waals surface area contributed by atoms with Gasteiger partial charge in [0.05, 0.1) is 5.51 Å². The average Bonchev–Trinajstić information content (AvgIpc) is 2.93. The van der Waals surface area contributed by atoms with Crippen LogP contribution in [-0.4, -0.2) is 27.3 Å². The Kier molecular flexibility index (Phi) is 4.42. The second-order valence-electron chi connectivity index (χ2n) is 5.15. The molecule has 1 N–H and O–H groups in total. The number of rotatable bonds is 5. The van der Waals surface area contributed by atoms with Crippen LogP contribution in [0.4, 0.5) is 0 Å². The summed E-state index contributed by atoms with van der Waals surface area (Å²) >= 11 is 3.23. The molecular weight excluding hydrogens is 264 g/mol. The third-order valence-corrected chi connectivity index (χ3v) is 3.93. The first-order valence-electron chi connectivity index (χ1n) is 6.00. The molecule has 0 saturated heterocycles. The van der Waals surface area contributed by atoms with E-state index in [4.69, 9.17) is 0 Å². The highest BCUT2D eigenvalue weighted by Crippen LogP contribution is 2.23. The molecule has 0 fully saturated rings. The fraction of sp³-hybridized carbons (Fsp3) is 0.583. The molecule has 0 aliphatic heterocycles. The Balaban J connectivity index is 1.81. The summed E-state index contributed by atoms with van der Waals surface area (Å²) in [4.78, 5) is 4.24. The monoisotopic (exact) mass is 282 g/mol. The number of nitrogens with one attached hydrogen (secondary N) is 1. The zero-order valence-electron chi connectivity index (χ0n) is 10.9. The third kappa shape index (κ3) is 4.12. The molecule has 2 heterocycles. The molecule has 0 saturated carbocycles. The van der Waals surface area contributed by atoms with Gasteiger partial charge >= 0.3 is 0 Å². The largest absolute Gasteiger partial charge is 0.312 e. The molecule has 0 aliphatic rings. The van der Waals surface area contributed by atoms with Crippen molar-refractivity contribution in [3.8, 4) is 10.7 Å². The third-order valence-electron chi connectivity index (χ3n) is 2.34. The predicted octanol–water partition coefficient (Wildman–Crippen LogP) is 2.98. The molecule has 6 heteroatoms. The standard InChI is InChI=1S/C12H18N4S2/c1-12(2,3)14-6-4-5-10-15-16-11(18-10)9-7-17-8-13-9/h7-8,14H,4-6H2,1-3H3. The summed E-state index contributed by atoms with van der Waals surface area (Å²) in [5.41, 5.74) is 2.95. The lowest BCUT2D eigenvalue weighted by Gasteiger charge is -2.20. The smallest absolute Gasteiger partial charge is 0.167 e. The first-order chi connectivity index (χ1) is 8.54. The molecule has 2 aromatic rings. The maximum atomic E-state index is 4.24. The minimum absolute atomic E-state index is 0.187. The van der Waals surface area contributed by atoms with Gasteiger partial charge in [-0.25, -0.2) is 4.98 Å². The summed E-state index contributed by atoms with van der Waals surface area (Å²) in [5, 5.41) is 15.9. The van der Waals surface area contributed by atoms with Crippen molar-refractivity contribution in [2.45, 2.75) is 39.2 Å². The maximum absolute atomic E-state index is 4.24. The fourth-order valence-corrected chi connectivity index (χ4v) is 2.94. The van der Waals surface area contributed by atoms with Gasteiger partial charge in [0.1, 0.15) is 10.7 Å². The van der Waals surface area contributed by atoms with Gasteiger partial charge in [-0.05, 0) is 33.7 Å². The van der Waals surface area contributed by atoms with Crippen molar-refractivity contribution in [1.29, 1.82) is 0 Å². The van der Waals surface area contributed by atoms with Crippen molar-refractivity contribution in [2.24, 2.45) is 0 Å². The summed E-state index contributed by atoms with van der Waals surface area (Å²) in [5.74, 6) is 0. The van der Waals surface area contributed by atoms with E-state index in [9.17, 15) is 0 Å². The Morgan fingerprint density at radius 1 is 1.28 bits per heavy atom. The van der Waals surface area contributed by atoms with E-state index in [-0.39, 0.29) is 5.54 Å². The summed E-state index contributed by atoms with van der Waals surface area (Å²) < 4.78 is 0. The van der Waals surface area contributed by atoms with Crippen LogP contribution in [0.1, 0.15) is 32.2 Å². The SMILES string of the molecule is CC(C)(C)NCCCc1nnc(-c2cscn2)s1. The summed E-state index contributed by atoms with van der Waals surface area (Å²) in [6.07, 6.45) is 2.06. The molecular formula is C12H18N4S2. The van der Waals surface area contributed by atoms with Gasteiger partial charge in [0.25, 0.3) is 0 Å². The lowest BCUT2D eigenvalue weighted by atomic mass is 10.1. The molecule has 0 amide bonds. The lowest BCUT2D eigenvalue weighted by molar-refractivity contribution is 0.422. The molecule has 18 heavy (non-hydrogen) atoms. The van der Waals surface area contributed by atoms with E-state index in [1.165, 1.54) is 0 Å². The van der Waals surface area contributed by atoms with Gasteiger partial charge in [-0.15, -0.1) is 21.5 Å². The molecule has 0 aromatic carbocycles. The Labute approximate surface area is 116 Å². The molecule has 0 unspecified atom stereocenters. The van der Waals surface area contributed by atoms with Crippen LogP contribution < -0.4 is 5.32 Å². The molecule has 0 radical (unpaired) electrons. The molecule has 0 aliphatic carbocycles. The van der Waals surface area contributed by atoms with Crippen molar-refractivity contribution in [2.75, 3.05) is 6.54 Å². The highest BCUT2D eigenvalue weighted by Gasteiger charge is 2.10. The maximum Gasteiger partial charge on any atom is 0.167 e.